The summed E-state index contributed by atoms with van der Waals surface area (Å²) in [6.07, 6.45) is 0. The Balaban J connectivity index is 2.05. The van der Waals surface area contributed by atoms with Crippen LogP contribution in [0.5, 0.6) is 0 Å². The van der Waals surface area contributed by atoms with Crippen molar-refractivity contribution < 1.29 is 8.42 Å². The molecule has 0 aliphatic carbocycles. The molecule has 20 heavy (non-hydrogen) atoms. The molecule has 1 aromatic heterocycles. The fraction of sp³-hybridized carbons (Fsp3) is 0.385. The highest BCUT2D eigenvalue weighted by Crippen LogP contribution is 2.12. The fourth-order valence-electron chi connectivity index (χ4n) is 1.82. The summed E-state index contributed by atoms with van der Waals surface area (Å²) < 4.78 is 26.8. The quantitative estimate of drug-likeness (QED) is 0.876. The summed E-state index contributed by atoms with van der Waals surface area (Å²) in [7, 11) is -3.43. The number of aromatic amines is 1. The summed E-state index contributed by atoms with van der Waals surface area (Å²) >= 11 is 0. The van der Waals surface area contributed by atoms with E-state index in [-0.39, 0.29) is 5.75 Å². The zero-order valence-corrected chi connectivity index (χ0v) is 12.5. The predicted octanol–water partition coefficient (Wildman–Crippen LogP) is 1.60. The monoisotopic (exact) mass is 294 g/mol. The van der Waals surface area contributed by atoms with E-state index in [0.717, 1.165) is 11.1 Å². The minimum Gasteiger partial charge on any atom is -0.263 e. The van der Waals surface area contributed by atoms with Crippen molar-refractivity contribution in [1.82, 2.24) is 19.9 Å². The van der Waals surface area contributed by atoms with Crippen molar-refractivity contribution in [2.75, 3.05) is 0 Å². The third-order valence-electron chi connectivity index (χ3n) is 2.84. The molecule has 0 saturated carbocycles. The van der Waals surface area contributed by atoms with Crippen LogP contribution in [-0.2, 0) is 15.8 Å². The van der Waals surface area contributed by atoms with Gasteiger partial charge < -0.3 is 0 Å². The Morgan fingerprint density at radius 2 is 1.90 bits per heavy atom. The number of hydrogen-bond acceptors (Lipinski definition) is 4. The average Bonchev–Trinajstić information content (AvgIpc) is 2.78. The van der Waals surface area contributed by atoms with Crippen molar-refractivity contribution in [2.24, 2.45) is 0 Å². The van der Waals surface area contributed by atoms with Crippen LogP contribution in [0.2, 0.25) is 0 Å². The Hall–Kier alpha value is -1.73. The van der Waals surface area contributed by atoms with E-state index >= 15 is 0 Å². The van der Waals surface area contributed by atoms with Gasteiger partial charge in [-0.05, 0) is 26.3 Å². The van der Waals surface area contributed by atoms with Crippen molar-refractivity contribution in [1.29, 1.82) is 0 Å². The molecule has 0 aliphatic rings. The van der Waals surface area contributed by atoms with Gasteiger partial charge in [0, 0.05) is 0 Å². The highest BCUT2D eigenvalue weighted by Gasteiger charge is 2.19. The Labute approximate surface area is 118 Å². The molecule has 0 fully saturated rings. The van der Waals surface area contributed by atoms with Crippen LogP contribution in [-0.4, -0.2) is 23.6 Å². The van der Waals surface area contributed by atoms with Gasteiger partial charge in [0.25, 0.3) is 0 Å². The van der Waals surface area contributed by atoms with Gasteiger partial charge in [-0.1, -0.05) is 29.8 Å². The van der Waals surface area contributed by atoms with Gasteiger partial charge in [0.1, 0.15) is 5.82 Å². The van der Waals surface area contributed by atoms with Crippen LogP contribution in [0.4, 0.5) is 0 Å². The number of rotatable bonds is 5. The lowest BCUT2D eigenvalue weighted by Crippen LogP contribution is -2.28. The minimum atomic E-state index is -3.43. The molecule has 0 amide bonds. The van der Waals surface area contributed by atoms with Crippen LogP contribution in [0.3, 0.4) is 0 Å². The molecule has 0 spiro atoms. The van der Waals surface area contributed by atoms with Crippen molar-refractivity contribution in [2.45, 2.75) is 32.6 Å². The third kappa shape index (κ3) is 3.88. The van der Waals surface area contributed by atoms with Gasteiger partial charge in [0.2, 0.25) is 10.0 Å². The number of sulfonamides is 1. The molecule has 108 valence electrons. The van der Waals surface area contributed by atoms with Gasteiger partial charge in [-0.15, -0.1) is 0 Å². The van der Waals surface area contributed by atoms with Crippen LogP contribution < -0.4 is 4.72 Å². The summed E-state index contributed by atoms with van der Waals surface area (Å²) in [5, 5.41) is 6.65. The van der Waals surface area contributed by atoms with E-state index in [1.54, 1.807) is 13.8 Å². The Morgan fingerprint density at radius 1 is 1.25 bits per heavy atom. The molecule has 1 aromatic carbocycles. The molecule has 0 radical (unpaired) electrons. The highest BCUT2D eigenvalue weighted by molar-refractivity contribution is 7.88. The second-order valence-electron chi connectivity index (χ2n) is 4.86. The van der Waals surface area contributed by atoms with E-state index in [2.05, 4.69) is 19.9 Å². The van der Waals surface area contributed by atoms with Gasteiger partial charge >= 0.3 is 0 Å². The first kappa shape index (κ1) is 14.7. The number of hydrogen-bond donors (Lipinski definition) is 2. The van der Waals surface area contributed by atoms with Gasteiger partial charge in [-0.3, -0.25) is 5.10 Å². The summed E-state index contributed by atoms with van der Waals surface area (Å²) in [6, 6.07) is 6.96. The standard InChI is InChI=1S/C13H18N4O2S/c1-9-4-6-12(7-5-9)8-20(18,19)17-10(2)13-14-11(3)15-16-13/h4-7,10,17H,8H2,1-3H3,(H,14,15,16). The molecule has 7 heteroatoms. The number of benzene rings is 1. The highest BCUT2D eigenvalue weighted by atomic mass is 32.2. The molecule has 0 bridgehead atoms. The maximum Gasteiger partial charge on any atom is 0.216 e. The summed E-state index contributed by atoms with van der Waals surface area (Å²) in [4.78, 5) is 4.12. The normalized spacial score (nSPS) is 13.3. The predicted molar refractivity (Wildman–Crippen MR) is 76.5 cm³/mol. The van der Waals surface area contributed by atoms with Crippen LogP contribution in [0, 0.1) is 13.8 Å². The molecule has 2 rings (SSSR count). The average molecular weight is 294 g/mol. The lowest BCUT2D eigenvalue weighted by molar-refractivity contribution is 0.559. The van der Waals surface area contributed by atoms with Gasteiger partial charge in [-0.2, -0.15) is 5.10 Å². The maximum atomic E-state index is 12.1. The van der Waals surface area contributed by atoms with Gasteiger partial charge in [0.15, 0.2) is 5.82 Å². The maximum absolute atomic E-state index is 12.1. The molecule has 2 aromatic rings. The summed E-state index contributed by atoms with van der Waals surface area (Å²) in [5.74, 6) is 1.04. The van der Waals surface area contributed by atoms with E-state index in [4.69, 9.17) is 0 Å². The van der Waals surface area contributed by atoms with Crippen molar-refractivity contribution in [3.8, 4) is 0 Å². The first-order chi connectivity index (χ1) is 9.35. The van der Waals surface area contributed by atoms with E-state index < -0.39 is 16.1 Å². The number of nitrogens with zero attached hydrogens (tertiary/aromatic N) is 2. The smallest absolute Gasteiger partial charge is 0.216 e. The van der Waals surface area contributed by atoms with Gasteiger partial charge in [0.05, 0.1) is 11.8 Å². The largest absolute Gasteiger partial charge is 0.263 e. The van der Waals surface area contributed by atoms with Crippen LogP contribution in [0.1, 0.15) is 35.7 Å². The lowest BCUT2D eigenvalue weighted by Gasteiger charge is -2.11. The first-order valence-corrected chi connectivity index (χ1v) is 7.95. The number of nitrogens with one attached hydrogen (secondary N) is 2. The molecule has 1 atom stereocenters. The van der Waals surface area contributed by atoms with Crippen LogP contribution in [0.25, 0.3) is 0 Å². The first-order valence-electron chi connectivity index (χ1n) is 6.30. The molecule has 1 heterocycles. The lowest BCUT2D eigenvalue weighted by atomic mass is 10.2. The molecule has 6 nitrogen and oxygen atoms in total. The molecule has 0 saturated heterocycles. The Morgan fingerprint density at radius 3 is 2.45 bits per heavy atom. The second-order valence-corrected chi connectivity index (χ2v) is 6.62. The van der Waals surface area contributed by atoms with Crippen molar-refractivity contribution >= 4 is 10.0 Å². The summed E-state index contributed by atoms with van der Waals surface area (Å²) in [6.45, 7) is 5.45. The number of aromatic nitrogens is 3. The van der Waals surface area contributed by atoms with Crippen LogP contribution in [0.15, 0.2) is 24.3 Å². The zero-order valence-electron chi connectivity index (χ0n) is 11.7. The Bertz CT molecular complexity index is 677. The fourth-order valence-corrected chi connectivity index (χ4v) is 3.18. The van der Waals surface area contributed by atoms with E-state index in [1.807, 2.05) is 31.2 Å². The van der Waals surface area contributed by atoms with Crippen molar-refractivity contribution in [3.05, 3.63) is 47.0 Å². The van der Waals surface area contributed by atoms with Crippen LogP contribution >= 0.6 is 0 Å². The molecule has 1 unspecified atom stereocenters. The van der Waals surface area contributed by atoms with Gasteiger partial charge in [-0.25, -0.2) is 18.1 Å². The second kappa shape index (κ2) is 5.72. The van der Waals surface area contributed by atoms with E-state index in [1.165, 1.54) is 0 Å². The molecular formula is C13H18N4O2S. The van der Waals surface area contributed by atoms with E-state index in [9.17, 15) is 8.42 Å². The minimum absolute atomic E-state index is 0.0545. The molecule has 2 N–H and O–H groups in total. The number of aryl methyl sites for hydroxylation is 2. The Kier molecular flexibility index (Phi) is 4.20. The van der Waals surface area contributed by atoms with Crippen molar-refractivity contribution in [3.63, 3.8) is 0 Å². The number of H-pyrrole nitrogens is 1. The molecular weight excluding hydrogens is 276 g/mol. The van der Waals surface area contributed by atoms with E-state index in [0.29, 0.717) is 11.6 Å². The third-order valence-corrected chi connectivity index (χ3v) is 4.26. The topological polar surface area (TPSA) is 87.7 Å². The molecule has 0 aliphatic heterocycles. The zero-order chi connectivity index (χ0) is 14.8. The SMILES string of the molecule is Cc1ccc(CS(=O)(=O)NC(C)c2n[nH]c(C)n2)cc1. The summed E-state index contributed by atoms with van der Waals surface area (Å²) in [5.41, 5.74) is 1.85.